The third kappa shape index (κ3) is 8.28. The van der Waals surface area contributed by atoms with E-state index in [1.165, 1.54) is 38.5 Å². The van der Waals surface area contributed by atoms with Crippen LogP contribution < -0.4 is 14.4 Å². The first kappa shape index (κ1) is 26.6. The number of carboxylic acid groups (broad SMARTS) is 1. The molecular formula is C32H39NO4. The van der Waals surface area contributed by atoms with Crippen LogP contribution in [0.2, 0.25) is 0 Å². The Labute approximate surface area is 221 Å². The first-order valence-electron chi connectivity index (χ1n) is 13.6. The molecule has 0 heterocycles. The van der Waals surface area contributed by atoms with Gasteiger partial charge in [0.2, 0.25) is 0 Å². The van der Waals surface area contributed by atoms with Crippen molar-refractivity contribution in [3.63, 3.8) is 0 Å². The van der Waals surface area contributed by atoms with E-state index in [2.05, 4.69) is 4.90 Å². The monoisotopic (exact) mass is 501 g/mol. The molecule has 0 amide bonds. The quantitative estimate of drug-likeness (QED) is 0.241. The second-order valence-electron chi connectivity index (χ2n) is 10.0. The summed E-state index contributed by atoms with van der Waals surface area (Å²) < 4.78 is 12.1. The van der Waals surface area contributed by atoms with E-state index < -0.39 is 5.97 Å². The number of hydrogen-bond acceptors (Lipinski definition) is 4. The molecule has 0 atom stereocenters. The topological polar surface area (TPSA) is 59.0 Å². The van der Waals surface area contributed by atoms with Gasteiger partial charge in [0.1, 0.15) is 18.1 Å². The van der Waals surface area contributed by atoms with Crippen LogP contribution in [-0.4, -0.2) is 24.2 Å². The van der Waals surface area contributed by atoms with Crippen LogP contribution >= 0.6 is 0 Å². The van der Waals surface area contributed by atoms with Gasteiger partial charge in [-0.1, -0.05) is 68.5 Å². The Morgan fingerprint density at radius 3 is 2.46 bits per heavy atom. The molecule has 0 radical (unpaired) electrons. The average molecular weight is 502 g/mol. The zero-order valence-electron chi connectivity index (χ0n) is 21.9. The van der Waals surface area contributed by atoms with Gasteiger partial charge in [-0.3, -0.25) is 4.79 Å². The summed E-state index contributed by atoms with van der Waals surface area (Å²) >= 11 is 0. The molecule has 37 heavy (non-hydrogen) atoms. The minimum Gasteiger partial charge on any atom is -0.494 e. The van der Waals surface area contributed by atoms with Crippen molar-refractivity contribution in [2.24, 2.45) is 5.92 Å². The molecule has 4 rings (SSSR count). The number of nitrogens with zero attached hydrogens (tertiary/aromatic N) is 1. The molecule has 0 aromatic heterocycles. The fourth-order valence-electron chi connectivity index (χ4n) is 5.14. The Kier molecular flexibility index (Phi) is 9.87. The lowest BCUT2D eigenvalue weighted by Gasteiger charge is -2.27. The molecule has 196 valence electrons. The van der Waals surface area contributed by atoms with E-state index >= 15 is 0 Å². The lowest BCUT2D eigenvalue weighted by atomic mass is 9.86. The van der Waals surface area contributed by atoms with Crippen molar-refractivity contribution < 1.29 is 19.4 Å². The SMILES string of the molecule is Cc1cc(OCc2ccccc2)ccc1N(CCC(=O)O)c1cccc(OCCCC2CCCCC2)c1. The Bertz CT molecular complexity index is 1120. The highest BCUT2D eigenvalue weighted by atomic mass is 16.5. The van der Waals surface area contributed by atoms with Gasteiger partial charge in [-0.05, 0) is 67.1 Å². The van der Waals surface area contributed by atoms with Crippen LogP contribution in [0.25, 0.3) is 0 Å². The normalized spacial score (nSPS) is 13.8. The van der Waals surface area contributed by atoms with Crippen molar-refractivity contribution in [1.82, 2.24) is 0 Å². The summed E-state index contributed by atoms with van der Waals surface area (Å²) in [7, 11) is 0. The predicted molar refractivity (Wildman–Crippen MR) is 149 cm³/mol. The van der Waals surface area contributed by atoms with E-state index in [9.17, 15) is 9.90 Å². The molecule has 0 spiro atoms. The van der Waals surface area contributed by atoms with Crippen LogP contribution in [0.3, 0.4) is 0 Å². The van der Waals surface area contributed by atoms with Gasteiger partial charge in [0.15, 0.2) is 0 Å². The van der Waals surface area contributed by atoms with Crippen LogP contribution in [0.15, 0.2) is 72.8 Å². The van der Waals surface area contributed by atoms with Crippen molar-refractivity contribution in [3.8, 4) is 11.5 Å². The predicted octanol–water partition coefficient (Wildman–Crippen LogP) is 7.93. The summed E-state index contributed by atoms with van der Waals surface area (Å²) in [4.78, 5) is 13.5. The fraction of sp³-hybridized carbons (Fsp3) is 0.406. The summed E-state index contributed by atoms with van der Waals surface area (Å²) in [5.74, 6) is 1.65. The highest BCUT2D eigenvalue weighted by molar-refractivity contribution is 5.72. The third-order valence-corrected chi connectivity index (χ3v) is 7.14. The van der Waals surface area contributed by atoms with Gasteiger partial charge in [-0.15, -0.1) is 0 Å². The van der Waals surface area contributed by atoms with Crippen LogP contribution in [0.4, 0.5) is 11.4 Å². The van der Waals surface area contributed by atoms with Crippen LogP contribution in [-0.2, 0) is 11.4 Å². The average Bonchev–Trinajstić information content (AvgIpc) is 2.92. The summed E-state index contributed by atoms with van der Waals surface area (Å²) in [5.41, 5.74) is 4.02. The fourth-order valence-corrected chi connectivity index (χ4v) is 5.14. The molecule has 0 bridgehead atoms. The molecule has 0 unspecified atom stereocenters. The smallest absolute Gasteiger partial charge is 0.305 e. The standard InChI is InChI=1S/C32H39NO4/c1-25-22-30(37-24-27-12-6-3-7-13-27)17-18-31(25)33(20-19-32(34)35)28-15-8-16-29(23-28)36-21-9-14-26-10-4-2-5-11-26/h3,6-8,12-13,15-18,22-23,26H,2,4-5,9-11,14,19-21,24H2,1H3,(H,34,35). The summed E-state index contributed by atoms with van der Waals surface area (Å²) in [6.45, 7) is 3.61. The number of benzene rings is 3. The van der Waals surface area contributed by atoms with Gasteiger partial charge in [-0.25, -0.2) is 0 Å². The molecule has 3 aromatic rings. The third-order valence-electron chi connectivity index (χ3n) is 7.14. The number of aryl methyl sites for hydroxylation is 1. The Morgan fingerprint density at radius 2 is 1.70 bits per heavy atom. The Hall–Kier alpha value is -3.47. The summed E-state index contributed by atoms with van der Waals surface area (Å²) in [6.07, 6.45) is 9.22. The maximum atomic E-state index is 11.4. The Balaban J connectivity index is 1.42. The molecule has 1 aliphatic carbocycles. The van der Waals surface area contributed by atoms with Crippen LogP contribution in [0.5, 0.6) is 11.5 Å². The van der Waals surface area contributed by atoms with E-state index in [1.807, 2.05) is 79.7 Å². The number of anilines is 2. The van der Waals surface area contributed by atoms with E-state index in [0.717, 1.165) is 46.3 Å². The number of carboxylic acids is 1. The van der Waals surface area contributed by atoms with Crippen molar-refractivity contribution in [2.75, 3.05) is 18.1 Å². The van der Waals surface area contributed by atoms with Gasteiger partial charge in [-0.2, -0.15) is 0 Å². The molecule has 1 N–H and O–H groups in total. The van der Waals surface area contributed by atoms with Crippen molar-refractivity contribution in [1.29, 1.82) is 0 Å². The van der Waals surface area contributed by atoms with Crippen LogP contribution in [0, 0.1) is 12.8 Å². The van der Waals surface area contributed by atoms with Crippen molar-refractivity contribution in [3.05, 3.63) is 83.9 Å². The molecule has 3 aromatic carbocycles. The minimum atomic E-state index is -0.819. The first-order valence-corrected chi connectivity index (χ1v) is 13.6. The maximum absolute atomic E-state index is 11.4. The van der Waals surface area contributed by atoms with E-state index in [-0.39, 0.29) is 6.42 Å². The highest BCUT2D eigenvalue weighted by Crippen LogP contribution is 2.33. The van der Waals surface area contributed by atoms with E-state index in [4.69, 9.17) is 9.47 Å². The molecule has 1 saturated carbocycles. The lowest BCUT2D eigenvalue weighted by molar-refractivity contribution is -0.136. The molecule has 5 nitrogen and oxygen atoms in total. The second kappa shape index (κ2) is 13.7. The van der Waals surface area contributed by atoms with Gasteiger partial charge < -0.3 is 19.5 Å². The zero-order valence-corrected chi connectivity index (χ0v) is 21.9. The van der Waals surface area contributed by atoms with Crippen LogP contribution in [0.1, 0.15) is 62.5 Å². The van der Waals surface area contributed by atoms with E-state index in [0.29, 0.717) is 19.8 Å². The maximum Gasteiger partial charge on any atom is 0.305 e. The number of rotatable bonds is 13. The minimum absolute atomic E-state index is 0.0399. The van der Waals surface area contributed by atoms with Gasteiger partial charge >= 0.3 is 5.97 Å². The van der Waals surface area contributed by atoms with E-state index in [1.54, 1.807) is 0 Å². The zero-order chi connectivity index (χ0) is 25.9. The van der Waals surface area contributed by atoms with Gasteiger partial charge in [0, 0.05) is 24.0 Å². The highest BCUT2D eigenvalue weighted by Gasteiger charge is 2.16. The second-order valence-corrected chi connectivity index (χ2v) is 10.0. The number of carbonyl (C=O) groups is 1. The van der Waals surface area contributed by atoms with Gasteiger partial charge in [0.25, 0.3) is 0 Å². The molecule has 0 aliphatic heterocycles. The largest absolute Gasteiger partial charge is 0.494 e. The molecule has 1 fully saturated rings. The molecular weight excluding hydrogens is 462 g/mol. The number of aliphatic carboxylic acids is 1. The lowest BCUT2D eigenvalue weighted by Crippen LogP contribution is -2.21. The van der Waals surface area contributed by atoms with Gasteiger partial charge in [0.05, 0.1) is 13.0 Å². The van der Waals surface area contributed by atoms with Crippen molar-refractivity contribution in [2.45, 2.75) is 64.9 Å². The molecule has 0 saturated heterocycles. The first-order chi connectivity index (χ1) is 18.1. The number of ether oxygens (including phenoxy) is 2. The molecule has 5 heteroatoms. The summed E-state index contributed by atoms with van der Waals surface area (Å²) in [5, 5.41) is 9.38. The summed E-state index contributed by atoms with van der Waals surface area (Å²) in [6, 6.07) is 24.0. The Morgan fingerprint density at radius 1 is 0.919 bits per heavy atom. The number of hydrogen-bond donors (Lipinski definition) is 1. The van der Waals surface area contributed by atoms with Crippen molar-refractivity contribution >= 4 is 17.3 Å². The molecule has 1 aliphatic rings.